The number of carbonyl (C=O) groups is 2. The monoisotopic (exact) mass is 325 g/mol. The molecule has 0 aromatic heterocycles. The molecule has 3 N–H and O–H groups in total. The predicted molar refractivity (Wildman–Crippen MR) is 98.5 cm³/mol. The standard InChI is InChI=1S/C19H23N3O2/c1-12(2)18(23)22-17-14(4)6-5-7-16(17)21-19(24)20-15-10-8-13(3)9-11-15/h5-12H,1-4H3,(H,22,23)(H2,20,21,24). The zero-order valence-corrected chi connectivity index (χ0v) is 14.4. The summed E-state index contributed by atoms with van der Waals surface area (Å²) >= 11 is 0. The van der Waals surface area contributed by atoms with Crippen molar-refractivity contribution in [2.24, 2.45) is 5.92 Å². The Hall–Kier alpha value is -2.82. The van der Waals surface area contributed by atoms with Gasteiger partial charge in [-0.2, -0.15) is 0 Å². The lowest BCUT2D eigenvalue weighted by molar-refractivity contribution is -0.118. The van der Waals surface area contributed by atoms with Gasteiger partial charge in [-0.25, -0.2) is 4.79 Å². The molecule has 3 amide bonds. The fourth-order valence-corrected chi connectivity index (χ4v) is 2.13. The van der Waals surface area contributed by atoms with Gasteiger partial charge < -0.3 is 16.0 Å². The Morgan fingerprint density at radius 2 is 1.54 bits per heavy atom. The predicted octanol–water partition coefficient (Wildman–Crippen LogP) is 4.54. The molecule has 0 spiro atoms. The van der Waals surface area contributed by atoms with E-state index in [4.69, 9.17) is 0 Å². The van der Waals surface area contributed by atoms with Crippen LogP contribution in [0.1, 0.15) is 25.0 Å². The van der Waals surface area contributed by atoms with Crippen LogP contribution in [0.25, 0.3) is 0 Å². The summed E-state index contributed by atoms with van der Waals surface area (Å²) in [5.74, 6) is -0.231. The van der Waals surface area contributed by atoms with Crippen molar-refractivity contribution in [3.63, 3.8) is 0 Å². The van der Waals surface area contributed by atoms with Crippen molar-refractivity contribution in [2.75, 3.05) is 16.0 Å². The van der Waals surface area contributed by atoms with E-state index in [1.807, 2.05) is 64.1 Å². The molecule has 0 heterocycles. The molecule has 126 valence electrons. The van der Waals surface area contributed by atoms with Crippen LogP contribution in [0.5, 0.6) is 0 Å². The van der Waals surface area contributed by atoms with Gasteiger partial charge in [0.2, 0.25) is 5.91 Å². The lowest BCUT2D eigenvalue weighted by Crippen LogP contribution is -2.23. The van der Waals surface area contributed by atoms with Crippen molar-refractivity contribution in [1.29, 1.82) is 0 Å². The highest BCUT2D eigenvalue weighted by Crippen LogP contribution is 2.26. The van der Waals surface area contributed by atoms with Gasteiger partial charge in [0.05, 0.1) is 11.4 Å². The first-order valence-corrected chi connectivity index (χ1v) is 7.92. The van der Waals surface area contributed by atoms with Gasteiger partial charge in [0.15, 0.2) is 0 Å². The van der Waals surface area contributed by atoms with Gasteiger partial charge in [-0.15, -0.1) is 0 Å². The Morgan fingerprint density at radius 3 is 2.17 bits per heavy atom. The first-order chi connectivity index (χ1) is 11.4. The summed E-state index contributed by atoms with van der Waals surface area (Å²) < 4.78 is 0. The Kier molecular flexibility index (Phi) is 5.58. The molecule has 2 aromatic rings. The van der Waals surface area contributed by atoms with Gasteiger partial charge >= 0.3 is 6.03 Å². The molecule has 0 aliphatic heterocycles. The highest BCUT2D eigenvalue weighted by atomic mass is 16.2. The van der Waals surface area contributed by atoms with Crippen molar-refractivity contribution >= 4 is 29.0 Å². The summed E-state index contributed by atoms with van der Waals surface area (Å²) in [6.45, 7) is 7.52. The van der Waals surface area contributed by atoms with Gasteiger partial charge in [-0.3, -0.25) is 4.79 Å². The molecular formula is C19H23N3O2. The SMILES string of the molecule is Cc1ccc(NC(=O)Nc2cccc(C)c2NC(=O)C(C)C)cc1. The minimum absolute atomic E-state index is 0.0914. The van der Waals surface area contributed by atoms with Crippen LogP contribution in [0.3, 0.4) is 0 Å². The van der Waals surface area contributed by atoms with E-state index in [0.29, 0.717) is 17.1 Å². The third kappa shape index (κ3) is 4.59. The highest BCUT2D eigenvalue weighted by molar-refractivity contribution is 6.04. The summed E-state index contributed by atoms with van der Waals surface area (Å²) in [7, 11) is 0. The maximum Gasteiger partial charge on any atom is 0.323 e. The van der Waals surface area contributed by atoms with Crippen molar-refractivity contribution in [3.05, 3.63) is 53.6 Å². The molecule has 0 bridgehead atoms. The van der Waals surface area contributed by atoms with Crippen LogP contribution in [0, 0.1) is 19.8 Å². The first kappa shape index (κ1) is 17.5. The third-order valence-electron chi connectivity index (χ3n) is 3.60. The number of amides is 3. The molecule has 0 saturated carbocycles. The summed E-state index contributed by atoms with van der Waals surface area (Å²) in [5, 5.41) is 8.45. The number of hydrogen-bond donors (Lipinski definition) is 3. The van der Waals surface area contributed by atoms with Crippen molar-refractivity contribution in [1.82, 2.24) is 0 Å². The molecule has 5 heteroatoms. The maximum absolute atomic E-state index is 12.2. The summed E-state index contributed by atoms with van der Waals surface area (Å²) in [5.41, 5.74) is 3.90. The van der Waals surface area contributed by atoms with E-state index in [-0.39, 0.29) is 17.9 Å². The van der Waals surface area contributed by atoms with Crippen LogP contribution < -0.4 is 16.0 Å². The van der Waals surface area contributed by atoms with Gasteiger partial charge in [0.1, 0.15) is 0 Å². The average molecular weight is 325 g/mol. The Balaban J connectivity index is 2.13. The molecule has 0 aliphatic carbocycles. The second-order valence-corrected chi connectivity index (χ2v) is 6.09. The fourth-order valence-electron chi connectivity index (χ4n) is 2.13. The van der Waals surface area contributed by atoms with E-state index in [0.717, 1.165) is 11.1 Å². The number of urea groups is 1. The second kappa shape index (κ2) is 7.64. The van der Waals surface area contributed by atoms with Crippen molar-refractivity contribution < 1.29 is 9.59 Å². The maximum atomic E-state index is 12.2. The Bertz CT molecular complexity index is 737. The summed E-state index contributed by atoms with van der Waals surface area (Å²) in [4.78, 5) is 24.2. The minimum Gasteiger partial charge on any atom is -0.324 e. The van der Waals surface area contributed by atoms with E-state index in [2.05, 4.69) is 16.0 Å². The number of hydrogen-bond acceptors (Lipinski definition) is 2. The topological polar surface area (TPSA) is 70.2 Å². The Morgan fingerprint density at radius 1 is 0.875 bits per heavy atom. The molecule has 2 rings (SSSR count). The number of para-hydroxylation sites is 1. The smallest absolute Gasteiger partial charge is 0.323 e. The van der Waals surface area contributed by atoms with Crippen molar-refractivity contribution in [3.8, 4) is 0 Å². The van der Waals surface area contributed by atoms with Crippen LogP contribution in [0.4, 0.5) is 21.9 Å². The average Bonchev–Trinajstić information content (AvgIpc) is 2.52. The number of aryl methyl sites for hydroxylation is 2. The van der Waals surface area contributed by atoms with Gasteiger partial charge in [-0.05, 0) is 37.6 Å². The quantitative estimate of drug-likeness (QED) is 0.772. The normalized spacial score (nSPS) is 10.4. The lowest BCUT2D eigenvalue weighted by Gasteiger charge is -2.16. The van der Waals surface area contributed by atoms with E-state index >= 15 is 0 Å². The Labute approximate surface area is 142 Å². The third-order valence-corrected chi connectivity index (χ3v) is 3.60. The molecule has 0 fully saturated rings. The number of benzene rings is 2. The molecule has 0 aliphatic rings. The second-order valence-electron chi connectivity index (χ2n) is 6.09. The van der Waals surface area contributed by atoms with Crippen LogP contribution in [-0.2, 0) is 4.79 Å². The highest BCUT2D eigenvalue weighted by Gasteiger charge is 2.14. The van der Waals surface area contributed by atoms with Gasteiger partial charge in [-0.1, -0.05) is 43.7 Å². The molecule has 0 unspecified atom stereocenters. The van der Waals surface area contributed by atoms with Crippen molar-refractivity contribution in [2.45, 2.75) is 27.7 Å². The van der Waals surface area contributed by atoms with Crippen LogP contribution in [0.15, 0.2) is 42.5 Å². The zero-order valence-electron chi connectivity index (χ0n) is 14.4. The molecule has 0 atom stereocenters. The van der Waals surface area contributed by atoms with Gasteiger partial charge in [0.25, 0.3) is 0 Å². The molecule has 24 heavy (non-hydrogen) atoms. The van der Waals surface area contributed by atoms with E-state index in [9.17, 15) is 9.59 Å². The zero-order chi connectivity index (χ0) is 17.7. The van der Waals surface area contributed by atoms with E-state index in [1.54, 1.807) is 6.07 Å². The molecular weight excluding hydrogens is 302 g/mol. The van der Waals surface area contributed by atoms with Crippen LogP contribution >= 0.6 is 0 Å². The largest absolute Gasteiger partial charge is 0.324 e. The summed E-state index contributed by atoms with van der Waals surface area (Å²) in [6.07, 6.45) is 0. The fraction of sp³-hybridized carbons (Fsp3) is 0.263. The molecule has 2 aromatic carbocycles. The molecule has 5 nitrogen and oxygen atoms in total. The van der Waals surface area contributed by atoms with E-state index < -0.39 is 0 Å². The molecule has 0 radical (unpaired) electrons. The number of nitrogens with one attached hydrogen (secondary N) is 3. The number of anilines is 3. The lowest BCUT2D eigenvalue weighted by atomic mass is 10.1. The van der Waals surface area contributed by atoms with Crippen LogP contribution in [-0.4, -0.2) is 11.9 Å². The number of rotatable bonds is 4. The number of carbonyl (C=O) groups excluding carboxylic acids is 2. The minimum atomic E-state index is -0.357. The van der Waals surface area contributed by atoms with E-state index in [1.165, 1.54) is 0 Å². The summed E-state index contributed by atoms with van der Waals surface area (Å²) in [6, 6.07) is 12.7. The first-order valence-electron chi connectivity index (χ1n) is 7.92. The van der Waals surface area contributed by atoms with Crippen LogP contribution in [0.2, 0.25) is 0 Å². The molecule has 0 saturated heterocycles. The van der Waals surface area contributed by atoms with Gasteiger partial charge in [0, 0.05) is 11.6 Å².